The van der Waals surface area contributed by atoms with Gasteiger partial charge < -0.3 is 14.2 Å². The second kappa shape index (κ2) is 10.2. The van der Waals surface area contributed by atoms with Crippen LogP contribution < -0.4 is 19.8 Å². The highest BCUT2D eigenvalue weighted by Gasteiger charge is 2.16. The molecule has 0 saturated carbocycles. The number of hydrogen-bond donors (Lipinski definition) is 0. The predicted molar refractivity (Wildman–Crippen MR) is 142 cm³/mol. The number of ether oxygens (including phenoxy) is 3. The van der Waals surface area contributed by atoms with Crippen LogP contribution >= 0.6 is 0 Å². The second-order valence-electron chi connectivity index (χ2n) is 8.66. The maximum Gasteiger partial charge on any atom is 0.274 e. The van der Waals surface area contributed by atoms with Gasteiger partial charge >= 0.3 is 0 Å². The Bertz CT molecular complexity index is 1610. The van der Waals surface area contributed by atoms with E-state index in [-0.39, 0.29) is 5.56 Å². The van der Waals surface area contributed by atoms with E-state index in [9.17, 15) is 4.79 Å². The quantitative estimate of drug-likeness (QED) is 0.300. The molecule has 0 aliphatic rings. The lowest BCUT2D eigenvalue weighted by molar-refractivity contribution is 0.355. The summed E-state index contributed by atoms with van der Waals surface area (Å²) in [5, 5.41) is 0.804. The Morgan fingerprint density at radius 2 is 1.62 bits per heavy atom. The monoisotopic (exact) mass is 496 g/mol. The van der Waals surface area contributed by atoms with Crippen molar-refractivity contribution in [2.24, 2.45) is 7.05 Å². The minimum Gasteiger partial charge on any atom is -0.493 e. The molecule has 37 heavy (non-hydrogen) atoms. The summed E-state index contributed by atoms with van der Waals surface area (Å²) in [5.41, 5.74) is 4.21. The number of nitrogens with zero attached hydrogens (tertiary/aromatic N) is 4. The molecule has 0 amide bonds. The normalized spacial score (nSPS) is 11.0. The molecule has 188 valence electrons. The zero-order valence-corrected chi connectivity index (χ0v) is 21.3. The first-order valence-electron chi connectivity index (χ1n) is 12.0. The van der Waals surface area contributed by atoms with Gasteiger partial charge in [0.25, 0.3) is 5.56 Å². The fourth-order valence-corrected chi connectivity index (χ4v) is 4.45. The summed E-state index contributed by atoms with van der Waals surface area (Å²) < 4.78 is 20.6. The molecule has 3 aromatic heterocycles. The first kappa shape index (κ1) is 24.1. The fraction of sp³-hybridized carbons (Fsp3) is 0.207. The van der Waals surface area contributed by atoms with E-state index in [1.807, 2.05) is 73.3 Å². The van der Waals surface area contributed by atoms with Crippen LogP contribution in [0.3, 0.4) is 0 Å². The van der Waals surface area contributed by atoms with Crippen LogP contribution in [0, 0.1) is 6.92 Å². The number of benzene rings is 2. The SMILES string of the molecule is COc1cc2nccc(Oc3ccc(CCc4c(C)n(C)n(-c5ccccc5)c4=O)nc3)c2cc1OC. The number of aromatic nitrogens is 4. The number of aryl methyl sites for hydroxylation is 1. The Kier molecular flexibility index (Phi) is 6.64. The van der Waals surface area contributed by atoms with Crippen molar-refractivity contribution >= 4 is 10.9 Å². The average Bonchev–Trinajstić information content (AvgIpc) is 3.15. The van der Waals surface area contributed by atoms with E-state index in [1.54, 1.807) is 37.4 Å². The predicted octanol–water partition coefficient (Wildman–Crippen LogP) is 5.02. The summed E-state index contributed by atoms with van der Waals surface area (Å²) in [6.07, 6.45) is 4.63. The molecule has 0 unspecified atom stereocenters. The van der Waals surface area contributed by atoms with Crippen LogP contribution in [0.5, 0.6) is 23.0 Å². The lowest BCUT2D eigenvalue weighted by Crippen LogP contribution is -2.21. The zero-order chi connectivity index (χ0) is 25.9. The van der Waals surface area contributed by atoms with Crippen LogP contribution in [0.1, 0.15) is 17.0 Å². The lowest BCUT2D eigenvalue weighted by atomic mass is 10.1. The highest BCUT2D eigenvalue weighted by molar-refractivity contribution is 5.88. The first-order chi connectivity index (χ1) is 18.0. The van der Waals surface area contributed by atoms with Crippen LogP contribution in [-0.4, -0.2) is 33.6 Å². The van der Waals surface area contributed by atoms with Crippen molar-refractivity contribution in [2.75, 3.05) is 14.2 Å². The van der Waals surface area contributed by atoms with Gasteiger partial charge in [-0.2, -0.15) is 0 Å². The summed E-state index contributed by atoms with van der Waals surface area (Å²) in [4.78, 5) is 22.2. The van der Waals surface area contributed by atoms with E-state index in [1.165, 1.54) is 0 Å². The molecular formula is C29H28N4O4. The molecule has 8 nitrogen and oxygen atoms in total. The van der Waals surface area contributed by atoms with E-state index in [2.05, 4.69) is 9.97 Å². The van der Waals surface area contributed by atoms with E-state index in [0.29, 0.717) is 35.8 Å². The highest BCUT2D eigenvalue weighted by Crippen LogP contribution is 2.36. The second-order valence-corrected chi connectivity index (χ2v) is 8.66. The van der Waals surface area contributed by atoms with Gasteiger partial charge in [0.05, 0.1) is 31.6 Å². The van der Waals surface area contributed by atoms with Crippen LogP contribution in [0.2, 0.25) is 0 Å². The number of fused-ring (bicyclic) bond motifs is 1. The summed E-state index contributed by atoms with van der Waals surface area (Å²) >= 11 is 0. The van der Waals surface area contributed by atoms with Gasteiger partial charge in [0.2, 0.25) is 0 Å². The molecule has 0 fully saturated rings. The van der Waals surface area contributed by atoms with Crippen molar-refractivity contribution in [1.29, 1.82) is 0 Å². The maximum atomic E-state index is 13.2. The molecule has 0 aliphatic heterocycles. The van der Waals surface area contributed by atoms with E-state index < -0.39 is 0 Å². The van der Waals surface area contributed by atoms with Gasteiger partial charge in [-0.3, -0.25) is 19.4 Å². The van der Waals surface area contributed by atoms with Crippen molar-refractivity contribution < 1.29 is 14.2 Å². The van der Waals surface area contributed by atoms with E-state index in [0.717, 1.165) is 33.5 Å². The van der Waals surface area contributed by atoms with Crippen LogP contribution in [-0.2, 0) is 19.9 Å². The topological polar surface area (TPSA) is 80.4 Å². The highest BCUT2D eigenvalue weighted by atomic mass is 16.5. The third kappa shape index (κ3) is 4.65. The van der Waals surface area contributed by atoms with Crippen molar-refractivity contribution in [3.05, 3.63) is 100 Å². The third-order valence-electron chi connectivity index (χ3n) is 6.54. The van der Waals surface area contributed by atoms with Gasteiger partial charge in [0.15, 0.2) is 11.5 Å². The largest absolute Gasteiger partial charge is 0.493 e. The number of rotatable bonds is 8. The number of hydrogen-bond acceptors (Lipinski definition) is 6. The van der Waals surface area contributed by atoms with Gasteiger partial charge in [-0.25, -0.2) is 4.68 Å². The van der Waals surface area contributed by atoms with Crippen LogP contribution in [0.25, 0.3) is 16.6 Å². The number of methoxy groups -OCH3 is 2. The molecule has 3 heterocycles. The molecule has 5 rings (SSSR count). The smallest absolute Gasteiger partial charge is 0.274 e. The Morgan fingerprint density at radius 3 is 2.32 bits per heavy atom. The van der Waals surface area contributed by atoms with Crippen molar-refractivity contribution in [1.82, 2.24) is 19.3 Å². The van der Waals surface area contributed by atoms with Gasteiger partial charge in [0.1, 0.15) is 11.5 Å². The number of pyridine rings is 2. The minimum absolute atomic E-state index is 0.00257. The average molecular weight is 497 g/mol. The molecule has 5 aromatic rings. The summed E-state index contributed by atoms with van der Waals surface area (Å²) in [6, 6.07) is 19.0. The standard InChI is InChI=1S/C29H28N4O4/c1-19-23(29(34)33(32(19)2)21-8-6-5-7-9-21)13-11-20-10-12-22(18-31-20)37-26-14-15-30-25-17-28(36-4)27(35-3)16-24(25)26/h5-10,12,14-18H,11,13H2,1-4H3. The van der Waals surface area contributed by atoms with Gasteiger partial charge in [0, 0.05) is 41.6 Å². The molecule has 0 N–H and O–H groups in total. The molecule has 0 saturated heterocycles. The first-order valence-corrected chi connectivity index (χ1v) is 12.0. The Morgan fingerprint density at radius 1 is 0.865 bits per heavy atom. The van der Waals surface area contributed by atoms with Crippen molar-refractivity contribution in [3.63, 3.8) is 0 Å². The number of para-hydroxylation sites is 1. The van der Waals surface area contributed by atoms with Gasteiger partial charge in [-0.1, -0.05) is 18.2 Å². The van der Waals surface area contributed by atoms with Crippen LogP contribution in [0.15, 0.2) is 77.9 Å². The van der Waals surface area contributed by atoms with E-state index in [4.69, 9.17) is 14.2 Å². The Labute approximate surface area is 214 Å². The maximum absolute atomic E-state index is 13.2. The fourth-order valence-electron chi connectivity index (χ4n) is 4.45. The molecular weight excluding hydrogens is 468 g/mol. The molecule has 0 aliphatic carbocycles. The molecule has 0 radical (unpaired) electrons. The van der Waals surface area contributed by atoms with Gasteiger partial charge in [-0.05, 0) is 56.2 Å². The summed E-state index contributed by atoms with van der Waals surface area (Å²) in [6.45, 7) is 1.98. The third-order valence-corrected chi connectivity index (χ3v) is 6.54. The van der Waals surface area contributed by atoms with Gasteiger partial charge in [-0.15, -0.1) is 0 Å². The minimum atomic E-state index is 0.00257. The van der Waals surface area contributed by atoms with Crippen molar-refractivity contribution in [3.8, 4) is 28.7 Å². The Hall–Kier alpha value is -4.59. The van der Waals surface area contributed by atoms with Crippen molar-refractivity contribution in [2.45, 2.75) is 19.8 Å². The molecule has 0 bridgehead atoms. The van der Waals surface area contributed by atoms with E-state index >= 15 is 0 Å². The summed E-state index contributed by atoms with van der Waals surface area (Å²) in [5.74, 6) is 2.45. The summed E-state index contributed by atoms with van der Waals surface area (Å²) in [7, 11) is 5.10. The zero-order valence-electron chi connectivity index (χ0n) is 21.3. The molecule has 0 spiro atoms. The van der Waals surface area contributed by atoms with Crippen LogP contribution in [0.4, 0.5) is 0 Å². The Balaban J connectivity index is 1.33. The molecule has 2 aromatic carbocycles. The molecule has 0 atom stereocenters. The lowest BCUT2D eigenvalue weighted by Gasteiger charge is -2.12. The molecule has 8 heteroatoms.